The zero-order valence-electron chi connectivity index (χ0n) is 10.5. The lowest BCUT2D eigenvalue weighted by molar-refractivity contribution is 0.428. The molecule has 0 amide bonds. The fourth-order valence-corrected chi connectivity index (χ4v) is 2.93. The van der Waals surface area contributed by atoms with Gasteiger partial charge in [0.2, 0.25) is 0 Å². The molecule has 1 N–H and O–H groups in total. The van der Waals surface area contributed by atoms with Crippen LogP contribution in [-0.2, 0) is 5.41 Å². The van der Waals surface area contributed by atoms with Gasteiger partial charge in [-0.2, -0.15) is 0 Å². The van der Waals surface area contributed by atoms with E-state index in [4.69, 9.17) is 0 Å². The Morgan fingerprint density at radius 3 is 2.59 bits per heavy atom. The van der Waals surface area contributed by atoms with E-state index in [-0.39, 0.29) is 5.41 Å². The van der Waals surface area contributed by atoms with Crippen molar-refractivity contribution in [1.29, 1.82) is 0 Å². The summed E-state index contributed by atoms with van der Waals surface area (Å²) in [6, 6.07) is 16.1. The minimum absolute atomic E-state index is 0.282. The van der Waals surface area contributed by atoms with Crippen molar-refractivity contribution in [3.05, 3.63) is 48.0 Å². The molecule has 0 radical (unpaired) electrons. The molecule has 0 bridgehead atoms. The molecule has 2 atom stereocenters. The average molecular weight is 225 g/mol. The number of hydrogen-bond acceptors (Lipinski definition) is 1. The van der Waals surface area contributed by atoms with Gasteiger partial charge in [0.25, 0.3) is 0 Å². The van der Waals surface area contributed by atoms with Crippen molar-refractivity contribution in [3.63, 3.8) is 0 Å². The fraction of sp³-hybridized carbons (Fsp3) is 0.375. The predicted octanol–water partition coefficient (Wildman–Crippen LogP) is 3.48. The average Bonchev–Trinajstić information content (AvgIpc) is 2.70. The number of hydrogen-bond donors (Lipinski definition) is 1. The smallest absolute Gasteiger partial charge is 0.0133 e. The Morgan fingerprint density at radius 1 is 1.12 bits per heavy atom. The summed E-state index contributed by atoms with van der Waals surface area (Å²) in [5.74, 6) is 0. The molecule has 0 aliphatic carbocycles. The minimum Gasteiger partial charge on any atom is -0.313 e. The molecule has 0 aromatic heterocycles. The second-order valence-corrected chi connectivity index (χ2v) is 5.41. The molecule has 0 saturated carbocycles. The molecule has 1 nitrogen and oxygen atoms in total. The maximum Gasteiger partial charge on any atom is 0.0133 e. The molecule has 1 heteroatoms. The maximum absolute atomic E-state index is 3.56. The Kier molecular flexibility index (Phi) is 2.44. The molecule has 2 aromatic rings. The van der Waals surface area contributed by atoms with Gasteiger partial charge in [-0.25, -0.2) is 0 Å². The summed E-state index contributed by atoms with van der Waals surface area (Å²) < 4.78 is 0. The van der Waals surface area contributed by atoms with Crippen LogP contribution in [0, 0.1) is 0 Å². The van der Waals surface area contributed by atoms with Gasteiger partial charge in [-0.05, 0) is 36.2 Å². The van der Waals surface area contributed by atoms with E-state index in [1.165, 1.54) is 22.8 Å². The van der Waals surface area contributed by atoms with Crippen molar-refractivity contribution < 1.29 is 0 Å². The van der Waals surface area contributed by atoms with E-state index >= 15 is 0 Å². The molecule has 17 heavy (non-hydrogen) atoms. The molecule has 2 unspecified atom stereocenters. The van der Waals surface area contributed by atoms with Crippen LogP contribution < -0.4 is 5.32 Å². The van der Waals surface area contributed by atoms with Gasteiger partial charge in [0.15, 0.2) is 0 Å². The lowest BCUT2D eigenvalue weighted by atomic mass is 9.76. The summed E-state index contributed by atoms with van der Waals surface area (Å²) in [5.41, 5.74) is 1.75. The molecular formula is C16H19N. The SMILES string of the molecule is CC1NCCC1(C)c1ccc2ccccc2c1. The second-order valence-electron chi connectivity index (χ2n) is 5.41. The topological polar surface area (TPSA) is 12.0 Å². The first-order valence-corrected chi connectivity index (χ1v) is 6.43. The van der Waals surface area contributed by atoms with Gasteiger partial charge >= 0.3 is 0 Å². The van der Waals surface area contributed by atoms with Crippen molar-refractivity contribution in [2.45, 2.75) is 31.7 Å². The van der Waals surface area contributed by atoms with Crippen LogP contribution in [0.4, 0.5) is 0 Å². The third-order valence-corrected chi connectivity index (χ3v) is 4.46. The fourth-order valence-electron chi connectivity index (χ4n) is 2.93. The van der Waals surface area contributed by atoms with Crippen LogP contribution in [0.5, 0.6) is 0 Å². The van der Waals surface area contributed by atoms with E-state index in [1.807, 2.05) is 0 Å². The molecule has 2 aromatic carbocycles. The van der Waals surface area contributed by atoms with E-state index in [9.17, 15) is 0 Å². The highest BCUT2D eigenvalue weighted by atomic mass is 15.0. The molecule has 1 aliphatic heterocycles. The van der Waals surface area contributed by atoms with Crippen molar-refractivity contribution in [3.8, 4) is 0 Å². The van der Waals surface area contributed by atoms with Crippen LogP contribution in [0.15, 0.2) is 42.5 Å². The molecule has 1 fully saturated rings. The van der Waals surface area contributed by atoms with Crippen LogP contribution >= 0.6 is 0 Å². The summed E-state index contributed by atoms with van der Waals surface area (Å²) in [6.45, 7) is 5.80. The van der Waals surface area contributed by atoms with E-state index in [1.54, 1.807) is 0 Å². The first-order chi connectivity index (χ1) is 8.20. The number of fused-ring (bicyclic) bond motifs is 1. The van der Waals surface area contributed by atoms with E-state index in [0.717, 1.165) is 6.54 Å². The van der Waals surface area contributed by atoms with Crippen molar-refractivity contribution >= 4 is 10.8 Å². The zero-order chi connectivity index (χ0) is 11.9. The van der Waals surface area contributed by atoms with E-state index in [2.05, 4.69) is 61.6 Å². The predicted molar refractivity (Wildman–Crippen MR) is 73.4 cm³/mol. The van der Waals surface area contributed by atoms with Crippen molar-refractivity contribution in [2.24, 2.45) is 0 Å². The Labute approximate surface area is 103 Å². The number of benzene rings is 2. The van der Waals surface area contributed by atoms with Gasteiger partial charge in [-0.15, -0.1) is 0 Å². The van der Waals surface area contributed by atoms with Gasteiger partial charge in [0.05, 0.1) is 0 Å². The lowest BCUT2D eigenvalue weighted by Gasteiger charge is -2.29. The Bertz CT molecular complexity index is 546. The normalized spacial score (nSPS) is 28.7. The number of nitrogens with one attached hydrogen (secondary N) is 1. The van der Waals surface area contributed by atoms with Crippen LogP contribution in [-0.4, -0.2) is 12.6 Å². The largest absolute Gasteiger partial charge is 0.313 e. The summed E-state index contributed by atoms with van der Waals surface area (Å²) >= 11 is 0. The summed E-state index contributed by atoms with van der Waals surface area (Å²) in [4.78, 5) is 0. The quantitative estimate of drug-likeness (QED) is 0.783. The maximum atomic E-state index is 3.56. The molecular weight excluding hydrogens is 206 g/mol. The molecule has 88 valence electrons. The van der Waals surface area contributed by atoms with Crippen LogP contribution in [0.2, 0.25) is 0 Å². The first kappa shape index (κ1) is 10.8. The number of rotatable bonds is 1. The highest BCUT2D eigenvalue weighted by molar-refractivity contribution is 5.83. The molecule has 1 saturated heterocycles. The highest BCUT2D eigenvalue weighted by Gasteiger charge is 2.36. The highest BCUT2D eigenvalue weighted by Crippen LogP contribution is 2.36. The van der Waals surface area contributed by atoms with Gasteiger partial charge in [0.1, 0.15) is 0 Å². The lowest BCUT2D eigenvalue weighted by Crippen LogP contribution is -2.35. The van der Waals surface area contributed by atoms with Gasteiger partial charge in [0, 0.05) is 11.5 Å². The monoisotopic (exact) mass is 225 g/mol. The standard InChI is InChI=1S/C16H19N/c1-12-16(2,9-10-17-12)15-8-7-13-5-3-4-6-14(13)11-15/h3-8,11-12,17H,9-10H2,1-2H3. The summed E-state index contributed by atoms with van der Waals surface area (Å²) in [5, 5.41) is 6.24. The Hall–Kier alpha value is -1.34. The summed E-state index contributed by atoms with van der Waals surface area (Å²) in [6.07, 6.45) is 1.23. The first-order valence-electron chi connectivity index (χ1n) is 6.43. The molecule has 1 heterocycles. The van der Waals surface area contributed by atoms with Gasteiger partial charge in [-0.3, -0.25) is 0 Å². The third-order valence-electron chi connectivity index (χ3n) is 4.46. The van der Waals surface area contributed by atoms with Crippen LogP contribution in [0.25, 0.3) is 10.8 Å². The van der Waals surface area contributed by atoms with Crippen molar-refractivity contribution in [1.82, 2.24) is 5.32 Å². The minimum atomic E-state index is 0.282. The van der Waals surface area contributed by atoms with Crippen LogP contribution in [0.1, 0.15) is 25.8 Å². The Morgan fingerprint density at radius 2 is 1.88 bits per heavy atom. The molecule has 3 rings (SSSR count). The van der Waals surface area contributed by atoms with Crippen LogP contribution in [0.3, 0.4) is 0 Å². The van der Waals surface area contributed by atoms with Gasteiger partial charge in [-0.1, -0.05) is 49.4 Å². The molecule has 1 aliphatic rings. The zero-order valence-corrected chi connectivity index (χ0v) is 10.5. The molecule has 0 spiro atoms. The van der Waals surface area contributed by atoms with Crippen molar-refractivity contribution in [2.75, 3.05) is 6.54 Å². The summed E-state index contributed by atoms with van der Waals surface area (Å²) in [7, 11) is 0. The Balaban J connectivity index is 2.12. The van der Waals surface area contributed by atoms with Gasteiger partial charge < -0.3 is 5.32 Å². The van der Waals surface area contributed by atoms with E-state index in [0.29, 0.717) is 6.04 Å². The third kappa shape index (κ3) is 1.66. The second kappa shape index (κ2) is 3.85. The van der Waals surface area contributed by atoms with E-state index < -0.39 is 0 Å².